The van der Waals surface area contributed by atoms with Gasteiger partial charge in [0.1, 0.15) is 4.88 Å². The normalized spacial score (nSPS) is 15.4. The molecule has 0 bridgehead atoms. The number of carbonyl (C=O) groups excluding carboxylic acids is 2. The lowest BCUT2D eigenvalue weighted by molar-refractivity contribution is -0.113. The molecule has 170 valence electrons. The Balaban J connectivity index is 1.39. The number of esters is 1. The van der Waals surface area contributed by atoms with Crippen LogP contribution in [0.2, 0.25) is 0 Å². The van der Waals surface area contributed by atoms with Crippen molar-refractivity contribution >= 4 is 51.4 Å². The first-order valence-corrected chi connectivity index (χ1v) is 13.1. The van der Waals surface area contributed by atoms with Crippen molar-refractivity contribution < 1.29 is 14.3 Å². The molecule has 0 spiro atoms. The Morgan fingerprint density at radius 3 is 2.97 bits per heavy atom. The Bertz CT molecular complexity index is 1150. The zero-order chi connectivity index (χ0) is 22.8. The predicted octanol–water partition coefficient (Wildman–Crippen LogP) is 4.34. The van der Waals surface area contributed by atoms with Gasteiger partial charge in [-0.2, -0.15) is 0 Å². The second kappa shape index (κ2) is 9.72. The second-order valence-corrected chi connectivity index (χ2v) is 10.7. The third-order valence-corrected chi connectivity index (χ3v) is 8.44. The molecule has 1 unspecified atom stereocenters. The van der Waals surface area contributed by atoms with Crippen molar-refractivity contribution in [1.82, 2.24) is 19.7 Å². The van der Waals surface area contributed by atoms with Crippen LogP contribution in [0.3, 0.4) is 0 Å². The van der Waals surface area contributed by atoms with Crippen LogP contribution in [0, 0.1) is 12.8 Å². The highest BCUT2D eigenvalue weighted by Crippen LogP contribution is 2.38. The SMILES string of the molecule is CCOC(=O)c1sc(NC(=O)CSc2nnc(-c3csc4c3CCC(C)C4)n2C)nc1C. The molecule has 1 atom stereocenters. The van der Waals surface area contributed by atoms with Crippen LogP contribution in [-0.2, 0) is 29.4 Å². The van der Waals surface area contributed by atoms with Gasteiger partial charge < -0.3 is 14.6 Å². The minimum atomic E-state index is -0.422. The van der Waals surface area contributed by atoms with E-state index in [4.69, 9.17) is 4.74 Å². The topological polar surface area (TPSA) is 99.0 Å². The summed E-state index contributed by atoms with van der Waals surface area (Å²) in [6.45, 7) is 6.06. The molecule has 0 fully saturated rings. The van der Waals surface area contributed by atoms with Crippen molar-refractivity contribution in [3.63, 3.8) is 0 Å². The number of hydrogen-bond donors (Lipinski definition) is 1. The predicted molar refractivity (Wildman–Crippen MR) is 128 cm³/mol. The van der Waals surface area contributed by atoms with E-state index in [0.29, 0.717) is 27.5 Å². The number of ether oxygens (including phenoxy) is 1. The van der Waals surface area contributed by atoms with Crippen LogP contribution in [-0.4, -0.2) is 44.0 Å². The van der Waals surface area contributed by atoms with Crippen LogP contribution >= 0.6 is 34.4 Å². The summed E-state index contributed by atoms with van der Waals surface area (Å²) in [7, 11) is 1.93. The van der Waals surface area contributed by atoms with Gasteiger partial charge in [0.2, 0.25) is 5.91 Å². The molecule has 8 nitrogen and oxygen atoms in total. The van der Waals surface area contributed by atoms with E-state index in [1.165, 1.54) is 28.6 Å². The molecule has 1 aliphatic rings. The van der Waals surface area contributed by atoms with Gasteiger partial charge in [0, 0.05) is 22.9 Å². The van der Waals surface area contributed by atoms with Gasteiger partial charge in [0.25, 0.3) is 0 Å². The first kappa shape index (κ1) is 22.9. The average molecular weight is 492 g/mol. The molecule has 3 aromatic rings. The first-order valence-electron chi connectivity index (χ1n) is 10.4. The van der Waals surface area contributed by atoms with E-state index in [0.717, 1.165) is 41.5 Å². The van der Waals surface area contributed by atoms with Crippen molar-refractivity contribution in [2.24, 2.45) is 13.0 Å². The standard InChI is InChI=1S/C21H25N5O3S3/c1-5-29-19(28)17-12(3)22-20(32-17)23-16(27)10-31-21-25-24-18(26(21)4)14-9-30-15-8-11(2)6-7-13(14)15/h9,11H,5-8,10H2,1-4H3,(H,22,23,27). The van der Waals surface area contributed by atoms with Gasteiger partial charge in [-0.15, -0.1) is 21.5 Å². The van der Waals surface area contributed by atoms with Crippen molar-refractivity contribution in [3.05, 3.63) is 26.4 Å². The number of thiazole rings is 1. The number of rotatable bonds is 7. The largest absolute Gasteiger partial charge is 0.462 e. The van der Waals surface area contributed by atoms with Crippen LogP contribution in [0.15, 0.2) is 10.5 Å². The fourth-order valence-electron chi connectivity index (χ4n) is 3.66. The molecule has 0 aromatic carbocycles. The Hall–Kier alpha value is -2.24. The van der Waals surface area contributed by atoms with Gasteiger partial charge in [-0.05, 0) is 44.6 Å². The molecule has 0 aliphatic heterocycles. The van der Waals surface area contributed by atoms with Crippen molar-refractivity contribution in [2.45, 2.75) is 45.2 Å². The van der Waals surface area contributed by atoms with E-state index in [1.54, 1.807) is 25.2 Å². The summed E-state index contributed by atoms with van der Waals surface area (Å²) >= 11 is 4.24. The monoisotopic (exact) mass is 491 g/mol. The lowest BCUT2D eigenvalue weighted by atomic mass is 9.88. The molecule has 1 N–H and O–H groups in total. The number of carbonyl (C=O) groups is 2. The summed E-state index contributed by atoms with van der Waals surface area (Å²) in [5.74, 6) is 1.10. The van der Waals surface area contributed by atoms with E-state index in [2.05, 4.69) is 32.8 Å². The summed E-state index contributed by atoms with van der Waals surface area (Å²) in [6.07, 6.45) is 3.41. The molecular weight excluding hydrogens is 466 g/mol. The third kappa shape index (κ3) is 4.74. The summed E-state index contributed by atoms with van der Waals surface area (Å²) in [5, 5.41) is 14.7. The molecule has 0 saturated heterocycles. The fourth-order valence-corrected chi connectivity index (χ4v) is 6.49. The van der Waals surface area contributed by atoms with Gasteiger partial charge in [-0.3, -0.25) is 4.79 Å². The Kier molecular flexibility index (Phi) is 6.96. The molecule has 1 amide bonds. The molecule has 4 rings (SSSR count). The Labute approximate surface area is 198 Å². The minimum Gasteiger partial charge on any atom is -0.462 e. The maximum Gasteiger partial charge on any atom is 0.350 e. The van der Waals surface area contributed by atoms with E-state index in [-0.39, 0.29) is 11.7 Å². The summed E-state index contributed by atoms with van der Waals surface area (Å²) in [5.41, 5.74) is 3.10. The Morgan fingerprint density at radius 1 is 1.38 bits per heavy atom. The van der Waals surface area contributed by atoms with Crippen LogP contribution in [0.4, 0.5) is 5.13 Å². The number of nitrogens with one attached hydrogen (secondary N) is 1. The van der Waals surface area contributed by atoms with Crippen LogP contribution < -0.4 is 5.32 Å². The number of fused-ring (bicyclic) bond motifs is 1. The van der Waals surface area contributed by atoms with Gasteiger partial charge in [0.15, 0.2) is 16.1 Å². The highest BCUT2D eigenvalue weighted by atomic mass is 32.2. The zero-order valence-corrected chi connectivity index (χ0v) is 20.9. The molecule has 1 aliphatic carbocycles. The molecular formula is C21H25N5O3S3. The van der Waals surface area contributed by atoms with E-state index >= 15 is 0 Å². The summed E-state index contributed by atoms with van der Waals surface area (Å²) in [4.78, 5) is 30.5. The minimum absolute atomic E-state index is 0.165. The summed E-state index contributed by atoms with van der Waals surface area (Å²) < 4.78 is 6.96. The molecule has 11 heteroatoms. The molecule has 3 heterocycles. The molecule has 32 heavy (non-hydrogen) atoms. The maximum atomic E-state index is 12.4. The third-order valence-electron chi connectivity index (χ3n) is 5.31. The van der Waals surface area contributed by atoms with Gasteiger partial charge in [-0.25, -0.2) is 9.78 Å². The highest BCUT2D eigenvalue weighted by molar-refractivity contribution is 7.99. The number of aryl methyl sites for hydroxylation is 1. The van der Waals surface area contributed by atoms with E-state index in [9.17, 15) is 9.59 Å². The van der Waals surface area contributed by atoms with Gasteiger partial charge in [-0.1, -0.05) is 30.0 Å². The number of hydrogen-bond acceptors (Lipinski definition) is 9. The van der Waals surface area contributed by atoms with Gasteiger partial charge in [0.05, 0.1) is 18.1 Å². The number of anilines is 1. The zero-order valence-electron chi connectivity index (χ0n) is 18.4. The Morgan fingerprint density at radius 2 is 2.19 bits per heavy atom. The lowest BCUT2D eigenvalue weighted by Gasteiger charge is -2.18. The highest BCUT2D eigenvalue weighted by Gasteiger charge is 2.24. The van der Waals surface area contributed by atoms with E-state index < -0.39 is 5.97 Å². The lowest BCUT2D eigenvalue weighted by Crippen LogP contribution is -2.14. The van der Waals surface area contributed by atoms with Crippen LogP contribution in [0.5, 0.6) is 0 Å². The van der Waals surface area contributed by atoms with Crippen molar-refractivity contribution in [2.75, 3.05) is 17.7 Å². The smallest absolute Gasteiger partial charge is 0.350 e. The first-order chi connectivity index (χ1) is 15.4. The number of aromatic nitrogens is 4. The van der Waals surface area contributed by atoms with Gasteiger partial charge >= 0.3 is 5.97 Å². The van der Waals surface area contributed by atoms with Crippen molar-refractivity contribution in [3.8, 4) is 11.4 Å². The average Bonchev–Trinajstić information content (AvgIpc) is 3.43. The number of thiophene rings is 1. The quantitative estimate of drug-likeness (QED) is 0.388. The fraction of sp³-hybridized carbons (Fsp3) is 0.476. The maximum absolute atomic E-state index is 12.4. The molecule has 0 radical (unpaired) electrons. The molecule has 0 saturated carbocycles. The van der Waals surface area contributed by atoms with Crippen LogP contribution in [0.25, 0.3) is 11.4 Å². The number of amides is 1. The second-order valence-electron chi connectivity index (χ2n) is 7.76. The number of thioether (sulfide) groups is 1. The molecule has 3 aromatic heterocycles. The van der Waals surface area contributed by atoms with Crippen molar-refractivity contribution in [1.29, 1.82) is 0 Å². The number of nitrogens with zero attached hydrogens (tertiary/aromatic N) is 4. The van der Waals surface area contributed by atoms with E-state index in [1.807, 2.05) is 11.6 Å². The van der Waals surface area contributed by atoms with Crippen LogP contribution in [0.1, 0.15) is 46.1 Å². The summed E-state index contributed by atoms with van der Waals surface area (Å²) in [6, 6.07) is 0.